The molecule has 2 aromatic heterocycles. The largest absolute Gasteiger partial charge is 0.358 e. The van der Waals surface area contributed by atoms with Crippen LogP contribution in [0.2, 0.25) is 0 Å². The molecule has 3 nitrogen and oxygen atoms in total. The number of H-pyrrole nitrogens is 1. The minimum atomic E-state index is -0.206. The van der Waals surface area contributed by atoms with Gasteiger partial charge in [-0.25, -0.2) is 4.39 Å². The van der Waals surface area contributed by atoms with Gasteiger partial charge in [0, 0.05) is 35.6 Å². The highest BCUT2D eigenvalue weighted by Gasteiger charge is 2.30. The van der Waals surface area contributed by atoms with E-state index in [-0.39, 0.29) is 5.82 Å². The van der Waals surface area contributed by atoms with Crippen molar-refractivity contribution in [3.8, 4) is 22.4 Å². The fraction of sp³-hybridized carbons (Fsp3) is 0.375. The Labute approximate surface area is 165 Å². The van der Waals surface area contributed by atoms with Crippen molar-refractivity contribution in [1.29, 1.82) is 0 Å². The minimum Gasteiger partial charge on any atom is -0.358 e. The zero-order chi connectivity index (χ0) is 18.9. The molecule has 0 radical (unpaired) electrons. The van der Waals surface area contributed by atoms with E-state index in [4.69, 9.17) is 0 Å². The summed E-state index contributed by atoms with van der Waals surface area (Å²) in [6, 6.07) is 13.8. The quantitative estimate of drug-likeness (QED) is 0.616. The molecule has 5 rings (SSSR count). The Morgan fingerprint density at radius 3 is 2.50 bits per heavy atom. The molecule has 1 saturated carbocycles. The lowest BCUT2D eigenvalue weighted by Crippen LogP contribution is -2.37. The van der Waals surface area contributed by atoms with E-state index >= 15 is 0 Å². The van der Waals surface area contributed by atoms with Crippen molar-refractivity contribution in [1.82, 2.24) is 15.3 Å². The van der Waals surface area contributed by atoms with Crippen molar-refractivity contribution < 1.29 is 4.39 Å². The van der Waals surface area contributed by atoms with Crippen LogP contribution in [-0.4, -0.2) is 22.6 Å². The molecule has 2 fully saturated rings. The molecule has 0 amide bonds. The van der Waals surface area contributed by atoms with Gasteiger partial charge in [0.2, 0.25) is 0 Å². The van der Waals surface area contributed by atoms with Crippen molar-refractivity contribution in [2.24, 2.45) is 5.92 Å². The standard InChI is InChI=1S/C24H26FN3/c25-20-5-3-18(4-6-20)24-22(17-7-10-26-11-8-17)15-23(28-24)19-9-12-27-21(14-19)13-16-1-2-16/h3-8,10-11,15-16,19,21,27-28H,1-2,9,12-14H2. The normalized spacial score (nSPS) is 22.3. The highest BCUT2D eigenvalue weighted by Crippen LogP contribution is 2.40. The molecule has 2 atom stereocenters. The molecule has 2 aliphatic rings. The van der Waals surface area contributed by atoms with Crippen LogP contribution in [0.5, 0.6) is 0 Å². The summed E-state index contributed by atoms with van der Waals surface area (Å²) < 4.78 is 13.4. The Balaban J connectivity index is 1.49. The van der Waals surface area contributed by atoms with Gasteiger partial charge < -0.3 is 10.3 Å². The summed E-state index contributed by atoms with van der Waals surface area (Å²) in [5, 5.41) is 3.72. The average molecular weight is 375 g/mol. The summed E-state index contributed by atoms with van der Waals surface area (Å²) in [6.07, 6.45) is 10.1. The van der Waals surface area contributed by atoms with Gasteiger partial charge in [0.15, 0.2) is 0 Å². The summed E-state index contributed by atoms with van der Waals surface area (Å²) in [7, 11) is 0. The number of aromatic nitrogens is 2. The topological polar surface area (TPSA) is 40.7 Å². The van der Waals surface area contributed by atoms with Crippen molar-refractivity contribution in [2.45, 2.75) is 44.1 Å². The third kappa shape index (κ3) is 3.74. The highest BCUT2D eigenvalue weighted by molar-refractivity contribution is 5.82. The van der Waals surface area contributed by atoms with Crippen molar-refractivity contribution in [3.63, 3.8) is 0 Å². The fourth-order valence-corrected chi connectivity index (χ4v) is 4.52. The van der Waals surface area contributed by atoms with E-state index < -0.39 is 0 Å². The number of nitrogens with zero attached hydrogens (tertiary/aromatic N) is 1. The van der Waals surface area contributed by atoms with Crippen LogP contribution in [0.25, 0.3) is 22.4 Å². The molecule has 144 valence electrons. The Hall–Kier alpha value is -2.46. The molecule has 4 heteroatoms. The Bertz CT molecular complexity index is 928. The number of benzene rings is 1. The van der Waals surface area contributed by atoms with Crippen LogP contribution in [0.4, 0.5) is 4.39 Å². The number of pyridine rings is 1. The number of halogens is 1. The zero-order valence-electron chi connectivity index (χ0n) is 16.0. The molecule has 0 bridgehead atoms. The SMILES string of the molecule is Fc1ccc(-c2[nH]c(C3CCNC(CC4CC4)C3)cc2-c2ccncc2)cc1. The molecular formula is C24H26FN3. The summed E-state index contributed by atoms with van der Waals surface area (Å²) in [6.45, 7) is 1.08. The Morgan fingerprint density at radius 2 is 1.75 bits per heavy atom. The second kappa shape index (κ2) is 7.51. The lowest BCUT2D eigenvalue weighted by atomic mass is 9.87. The monoisotopic (exact) mass is 375 g/mol. The van der Waals surface area contributed by atoms with Gasteiger partial charge in [0.25, 0.3) is 0 Å². The maximum atomic E-state index is 13.4. The molecule has 0 spiro atoms. The van der Waals surface area contributed by atoms with Crippen LogP contribution in [0, 0.1) is 11.7 Å². The predicted molar refractivity (Wildman–Crippen MR) is 111 cm³/mol. The molecule has 3 aromatic rings. The van der Waals surface area contributed by atoms with E-state index in [9.17, 15) is 4.39 Å². The van der Waals surface area contributed by atoms with E-state index in [1.165, 1.54) is 49.1 Å². The number of piperidine rings is 1. The van der Waals surface area contributed by atoms with Gasteiger partial charge in [0.05, 0.1) is 5.69 Å². The maximum Gasteiger partial charge on any atom is 0.123 e. The van der Waals surface area contributed by atoms with Crippen molar-refractivity contribution in [2.75, 3.05) is 6.54 Å². The van der Waals surface area contributed by atoms with Gasteiger partial charge in [-0.1, -0.05) is 12.8 Å². The molecule has 1 aromatic carbocycles. The average Bonchev–Trinajstić information content (AvgIpc) is 3.43. The van der Waals surface area contributed by atoms with Crippen LogP contribution >= 0.6 is 0 Å². The fourth-order valence-electron chi connectivity index (χ4n) is 4.52. The molecule has 1 aliphatic carbocycles. The van der Waals surface area contributed by atoms with Gasteiger partial charge >= 0.3 is 0 Å². The van der Waals surface area contributed by atoms with E-state index in [1.54, 1.807) is 0 Å². The van der Waals surface area contributed by atoms with Crippen LogP contribution < -0.4 is 5.32 Å². The minimum absolute atomic E-state index is 0.206. The first-order valence-corrected chi connectivity index (χ1v) is 10.4. The summed E-state index contributed by atoms with van der Waals surface area (Å²) >= 11 is 0. The lowest BCUT2D eigenvalue weighted by molar-refractivity contribution is 0.333. The maximum absolute atomic E-state index is 13.4. The third-order valence-electron chi connectivity index (χ3n) is 6.21. The van der Waals surface area contributed by atoms with Crippen LogP contribution in [-0.2, 0) is 0 Å². The highest BCUT2D eigenvalue weighted by atomic mass is 19.1. The molecule has 1 saturated heterocycles. The van der Waals surface area contributed by atoms with Crippen LogP contribution in [0.1, 0.15) is 43.7 Å². The van der Waals surface area contributed by atoms with Crippen molar-refractivity contribution >= 4 is 0 Å². The molecule has 3 heterocycles. The van der Waals surface area contributed by atoms with Crippen molar-refractivity contribution in [3.05, 3.63) is 66.4 Å². The van der Waals surface area contributed by atoms with E-state index in [0.29, 0.717) is 12.0 Å². The van der Waals surface area contributed by atoms with E-state index in [1.807, 2.05) is 36.7 Å². The number of aromatic amines is 1. The smallest absolute Gasteiger partial charge is 0.123 e. The van der Waals surface area contributed by atoms with Crippen LogP contribution in [0.15, 0.2) is 54.9 Å². The first-order valence-electron chi connectivity index (χ1n) is 10.4. The second-order valence-electron chi connectivity index (χ2n) is 8.31. The van der Waals surface area contributed by atoms with Gasteiger partial charge in [-0.05, 0) is 85.3 Å². The van der Waals surface area contributed by atoms with Crippen LogP contribution in [0.3, 0.4) is 0 Å². The third-order valence-corrected chi connectivity index (χ3v) is 6.21. The number of hydrogen-bond donors (Lipinski definition) is 2. The van der Waals surface area contributed by atoms with E-state index in [0.717, 1.165) is 35.7 Å². The molecular weight excluding hydrogens is 349 g/mol. The Morgan fingerprint density at radius 1 is 0.964 bits per heavy atom. The van der Waals surface area contributed by atoms with Gasteiger partial charge in [-0.15, -0.1) is 0 Å². The number of hydrogen-bond acceptors (Lipinski definition) is 2. The first-order chi connectivity index (χ1) is 13.8. The summed E-state index contributed by atoms with van der Waals surface area (Å²) in [5.41, 5.74) is 5.69. The molecule has 28 heavy (non-hydrogen) atoms. The Kier molecular flexibility index (Phi) is 4.73. The van der Waals surface area contributed by atoms with Gasteiger partial charge in [-0.3, -0.25) is 4.98 Å². The van der Waals surface area contributed by atoms with Gasteiger partial charge in [0.1, 0.15) is 5.82 Å². The lowest BCUT2D eigenvalue weighted by Gasteiger charge is -2.30. The van der Waals surface area contributed by atoms with E-state index in [2.05, 4.69) is 21.4 Å². The molecule has 1 aliphatic heterocycles. The number of nitrogens with one attached hydrogen (secondary N) is 2. The molecule has 2 N–H and O–H groups in total. The first kappa shape index (κ1) is 17.6. The zero-order valence-corrected chi connectivity index (χ0v) is 16.0. The summed E-state index contributed by atoms with van der Waals surface area (Å²) in [4.78, 5) is 7.86. The van der Waals surface area contributed by atoms with Gasteiger partial charge in [-0.2, -0.15) is 0 Å². The number of rotatable bonds is 5. The summed E-state index contributed by atoms with van der Waals surface area (Å²) in [5.74, 6) is 1.28. The molecule has 2 unspecified atom stereocenters. The second-order valence-corrected chi connectivity index (χ2v) is 8.31. The predicted octanol–water partition coefficient (Wildman–Crippen LogP) is 5.52.